The summed E-state index contributed by atoms with van der Waals surface area (Å²) in [6.07, 6.45) is 0.282. The molecule has 0 saturated carbocycles. The fourth-order valence-electron chi connectivity index (χ4n) is 2.33. The molecule has 1 unspecified atom stereocenters. The Bertz CT molecular complexity index is 475. The average molecular weight is 324 g/mol. The van der Waals surface area contributed by atoms with Crippen LogP contribution in [0.1, 0.15) is 39.7 Å². The number of amides is 2. The van der Waals surface area contributed by atoms with E-state index >= 15 is 0 Å². The molecular weight excluding hydrogens is 296 g/mol. The molecule has 22 heavy (non-hydrogen) atoms. The summed E-state index contributed by atoms with van der Waals surface area (Å²) >= 11 is 1.86. The maximum atomic E-state index is 12.0. The molecule has 2 amide bonds. The van der Waals surface area contributed by atoms with Crippen molar-refractivity contribution in [2.24, 2.45) is 5.41 Å². The van der Waals surface area contributed by atoms with Gasteiger partial charge in [-0.25, -0.2) is 4.79 Å². The molecule has 0 bridgehead atoms. The first kappa shape index (κ1) is 18.8. The number of urea groups is 1. The number of carbonyl (C=O) groups is 1. The Kier molecular flexibility index (Phi) is 7.76. The van der Waals surface area contributed by atoms with Crippen molar-refractivity contribution in [3.05, 3.63) is 29.8 Å². The second kappa shape index (κ2) is 9.06. The Morgan fingerprint density at radius 1 is 1.41 bits per heavy atom. The minimum atomic E-state index is -0.368. The first-order chi connectivity index (χ1) is 10.3. The molecule has 4 nitrogen and oxygen atoms in total. The lowest BCUT2D eigenvalue weighted by atomic mass is 9.87. The third-order valence-electron chi connectivity index (χ3n) is 3.23. The number of benzene rings is 1. The van der Waals surface area contributed by atoms with E-state index in [0.717, 1.165) is 17.2 Å². The Labute approximate surface area is 138 Å². The molecule has 5 heteroatoms. The van der Waals surface area contributed by atoms with Crippen molar-refractivity contribution in [3.8, 4) is 0 Å². The van der Waals surface area contributed by atoms with Gasteiger partial charge in [0.25, 0.3) is 0 Å². The number of anilines is 1. The number of nitrogens with one attached hydrogen (secondary N) is 2. The summed E-state index contributed by atoms with van der Waals surface area (Å²) in [5.74, 6) is 2.03. The third-order valence-corrected chi connectivity index (χ3v) is 4.18. The average Bonchev–Trinajstić information content (AvgIpc) is 2.42. The zero-order valence-corrected chi connectivity index (χ0v) is 14.8. The molecule has 0 saturated heterocycles. The second-order valence-corrected chi connectivity index (χ2v) is 7.64. The lowest BCUT2D eigenvalue weighted by Gasteiger charge is -2.26. The van der Waals surface area contributed by atoms with E-state index in [1.807, 2.05) is 43.8 Å². The van der Waals surface area contributed by atoms with Gasteiger partial charge in [0.15, 0.2) is 0 Å². The van der Waals surface area contributed by atoms with Gasteiger partial charge in [0.1, 0.15) is 0 Å². The van der Waals surface area contributed by atoms with E-state index in [0.29, 0.717) is 13.0 Å². The molecule has 1 aromatic carbocycles. The molecule has 0 fully saturated rings. The first-order valence-electron chi connectivity index (χ1n) is 7.72. The SMILES string of the molecule is CCSCc1cccc(NC(=O)NCC(C)(C)CC(C)O)c1. The van der Waals surface area contributed by atoms with Gasteiger partial charge in [-0.05, 0) is 42.2 Å². The maximum absolute atomic E-state index is 12.0. The van der Waals surface area contributed by atoms with E-state index in [-0.39, 0.29) is 17.6 Å². The van der Waals surface area contributed by atoms with Gasteiger partial charge >= 0.3 is 6.03 Å². The van der Waals surface area contributed by atoms with Crippen LogP contribution in [0.2, 0.25) is 0 Å². The number of thioether (sulfide) groups is 1. The molecular formula is C17H28N2O2S. The standard InChI is InChI=1S/C17H28N2O2S/c1-5-22-11-14-7-6-8-15(9-14)19-16(21)18-12-17(3,4)10-13(2)20/h6-9,13,20H,5,10-12H2,1-4H3,(H2,18,19,21). The van der Waals surface area contributed by atoms with Crippen LogP contribution in [0, 0.1) is 5.41 Å². The van der Waals surface area contributed by atoms with Crippen LogP contribution in [-0.4, -0.2) is 29.5 Å². The van der Waals surface area contributed by atoms with Crippen LogP contribution in [-0.2, 0) is 5.75 Å². The Morgan fingerprint density at radius 3 is 2.77 bits per heavy atom. The minimum absolute atomic E-state index is 0.134. The van der Waals surface area contributed by atoms with Gasteiger partial charge in [-0.15, -0.1) is 0 Å². The molecule has 0 spiro atoms. The number of hydrogen-bond acceptors (Lipinski definition) is 3. The molecule has 1 atom stereocenters. The van der Waals surface area contributed by atoms with E-state index in [9.17, 15) is 9.90 Å². The number of aliphatic hydroxyl groups is 1. The lowest BCUT2D eigenvalue weighted by Crippen LogP contribution is -2.38. The molecule has 3 N–H and O–H groups in total. The predicted molar refractivity (Wildman–Crippen MR) is 95.4 cm³/mol. The molecule has 0 aliphatic heterocycles. The Morgan fingerprint density at radius 2 is 2.14 bits per heavy atom. The summed E-state index contributed by atoms with van der Waals surface area (Å²) in [5, 5.41) is 15.2. The topological polar surface area (TPSA) is 61.4 Å². The zero-order chi connectivity index (χ0) is 16.6. The molecule has 1 rings (SSSR count). The highest BCUT2D eigenvalue weighted by atomic mass is 32.2. The van der Waals surface area contributed by atoms with Gasteiger partial charge in [-0.3, -0.25) is 0 Å². The fourth-order valence-corrected chi connectivity index (χ4v) is 2.94. The summed E-state index contributed by atoms with van der Waals surface area (Å²) in [6, 6.07) is 7.71. The second-order valence-electron chi connectivity index (χ2n) is 6.36. The van der Waals surface area contributed by atoms with Crippen molar-refractivity contribution in [2.45, 2.75) is 46.0 Å². The van der Waals surface area contributed by atoms with Crippen LogP contribution < -0.4 is 10.6 Å². The third kappa shape index (κ3) is 7.71. The molecule has 124 valence electrons. The van der Waals surface area contributed by atoms with E-state index in [1.54, 1.807) is 6.92 Å². The normalized spacial score (nSPS) is 12.8. The van der Waals surface area contributed by atoms with Crippen LogP contribution in [0.3, 0.4) is 0 Å². The number of rotatable bonds is 8. The van der Waals surface area contributed by atoms with Crippen molar-refractivity contribution < 1.29 is 9.90 Å². The van der Waals surface area contributed by atoms with Crippen LogP contribution in [0.5, 0.6) is 0 Å². The largest absolute Gasteiger partial charge is 0.393 e. The van der Waals surface area contributed by atoms with Gasteiger partial charge < -0.3 is 15.7 Å². The number of aliphatic hydroxyl groups excluding tert-OH is 1. The van der Waals surface area contributed by atoms with Gasteiger partial charge in [-0.2, -0.15) is 11.8 Å². The summed E-state index contributed by atoms with van der Waals surface area (Å²) < 4.78 is 0. The van der Waals surface area contributed by atoms with Crippen molar-refractivity contribution in [1.82, 2.24) is 5.32 Å². The smallest absolute Gasteiger partial charge is 0.319 e. The minimum Gasteiger partial charge on any atom is -0.393 e. The lowest BCUT2D eigenvalue weighted by molar-refractivity contribution is 0.129. The van der Waals surface area contributed by atoms with E-state index in [1.165, 1.54) is 5.56 Å². The summed E-state index contributed by atoms with van der Waals surface area (Å²) in [7, 11) is 0. The first-order valence-corrected chi connectivity index (χ1v) is 8.87. The van der Waals surface area contributed by atoms with Crippen molar-refractivity contribution >= 4 is 23.5 Å². The monoisotopic (exact) mass is 324 g/mol. The molecule has 0 heterocycles. The quantitative estimate of drug-likeness (QED) is 0.680. The highest BCUT2D eigenvalue weighted by Crippen LogP contribution is 2.21. The fraction of sp³-hybridized carbons (Fsp3) is 0.588. The van der Waals surface area contributed by atoms with Crippen molar-refractivity contribution in [3.63, 3.8) is 0 Å². The van der Waals surface area contributed by atoms with Gasteiger partial charge in [0.2, 0.25) is 0 Å². The molecule has 0 aliphatic rings. The van der Waals surface area contributed by atoms with Crippen LogP contribution in [0.4, 0.5) is 10.5 Å². The summed E-state index contributed by atoms with van der Waals surface area (Å²) in [5.41, 5.74) is 1.88. The van der Waals surface area contributed by atoms with Crippen LogP contribution in [0.15, 0.2) is 24.3 Å². The van der Waals surface area contributed by atoms with Gasteiger partial charge in [0, 0.05) is 18.0 Å². The number of carbonyl (C=O) groups excluding carboxylic acids is 1. The summed E-state index contributed by atoms with van der Waals surface area (Å²) in [6.45, 7) is 8.48. The summed E-state index contributed by atoms with van der Waals surface area (Å²) in [4.78, 5) is 12.0. The van der Waals surface area contributed by atoms with E-state index in [2.05, 4.69) is 23.6 Å². The van der Waals surface area contributed by atoms with Crippen LogP contribution in [0.25, 0.3) is 0 Å². The van der Waals surface area contributed by atoms with Gasteiger partial charge in [-0.1, -0.05) is 32.9 Å². The molecule has 0 radical (unpaired) electrons. The molecule has 0 aliphatic carbocycles. The number of hydrogen-bond donors (Lipinski definition) is 3. The highest BCUT2D eigenvalue weighted by Gasteiger charge is 2.21. The van der Waals surface area contributed by atoms with E-state index in [4.69, 9.17) is 0 Å². The Hall–Kier alpha value is -1.20. The maximum Gasteiger partial charge on any atom is 0.319 e. The van der Waals surface area contributed by atoms with E-state index < -0.39 is 0 Å². The Balaban J connectivity index is 2.48. The van der Waals surface area contributed by atoms with Crippen molar-refractivity contribution in [2.75, 3.05) is 17.6 Å². The van der Waals surface area contributed by atoms with Gasteiger partial charge in [0.05, 0.1) is 6.10 Å². The highest BCUT2D eigenvalue weighted by molar-refractivity contribution is 7.98. The molecule has 0 aromatic heterocycles. The predicted octanol–water partition coefficient (Wildman–Crippen LogP) is 3.86. The zero-order valence-electron chi connectivity index (χ0n) is 14.0. The van der Waals surface area contributed by atoms with Crippen molar-refractivity contribution in [1.29, 1.82) is 0 Å². The molecule has 1 aromatic rings. The van der Waals surface area contributed by atoms with Crippen LogP contribution >= 0.6 is 11.8 Å².